The molecule has 3 amide bonds. The van der Waals surface area contributed by atoms with E-state index < -0.39 is 23.9 Å². The standard InChI is InChI=1S/C21H20Br2N4O7/c1-10-17(20(29)32-3)18(26-21(30)25-10)11-4-5-14(15(6-11)31-2)33-9-16(28)27-24-8-12-7-13(22)19(23)34-12/h4-8,18H,9H2,1-3H3,(H,27,28)(H2,25,26,30)/b24-8+. The van der Waals surface area contributed by atoms with Crippen molar-refractivity contribution in [2.45, 2.75) is 13.0 Å². The quantitative estimate of drug-likeness (QED) is 0.240. The number of urea groups is 1. The van der Waals surface area contributed by atoms with Crippen LogP contribution in [0.15, 0.2) is 54.2 Å². The number of hydrogen-bond donors (Lipinski definition) is 3. The summed E-state index contributed by atoms with van der Waals surface area (Å²) < 4.78 is 22.3. The van der Waals surface area contributed by atoms with Gasteiger partial charge in [0.05, 0.1) is 36.5 Å². The summed E-state index contributed by atoms with van der Waals surface area (Å²) in [6.07, 6.45) is 1.34. The second-order valence-corrected chi connectivity index (χ2v) is 8.40. The lowest BCUT2D eigenvalue weighted by molar-refractivity contribution is -0.136. The number of amides is 3. The largest absolute Gasteiger partial charge is 0.493 e. The van der Waals surface area contributed by atoms with Crippen molar-refractivity contribution in [3.63, 3.8) is 0 Å². The second kappa shape index (κ2) is 11.2. The molecule has 34 heavy (non-hydrogen) atoms. The molecule has 1 aliphatic heterocycles. The Kier molecular flexibility index (Phi) is 8.34. The van der Waals surface area contributed by atoms with Crippen LogP contribution in [0.25, 0.3) is 0 Å². The topological polar surface area (TPSA) is 140 Å². The Morgan fingerprint density at radius 1 is 1.24 bits per heavy atom. The van der Waals surface area contributed by atoms with Gasteiger partial charge in [-0.3, -0.25) is 4.79 Å². The normalized spacial score (nSPS) is 15.6. The molecule has 11 nitrogen and oxygen atoms in total. The van der Waals surface area contributed by atoms with Crippen molar-refractivity contribution in [3.8, 4) is 11.5 Å². The summed E-state index contributed by atoms with van der Waals surface area (Å²) >= 11 is 6.49. The zero-order chi connectivity index (χ0) is 24.8. The van der Waals surface area contributed by atoms with Crippen LogP contribution in [-0.4, -0.2) is 44.9 Å². The molecule has 2 aromatic rings. The van der Waals surface area contributed by atoms with Gasteiger partial charge in [-0.1, -0.05) is 6.07 Å². The molecule has 0 bridgehead atoms. The summed E-state index contributed by atoms with van der Waals surface area (Å²) in [6, 6.07) is 5.28. The average molecular weight is 600 g/mol. The SMILES string of the molecule is COC(=O)C1=C(C)NC(=O)NC1c1ccc(OCC(=O)N/N=C/c2cc(Br)c(Br)o2)c(OC)c1. The molecule has 0 aliphatic carbocycles. The van der Waals surface area contributed by atoms with Gasteiger partial charge in [-0.05, 0) is 56.5 Å². The molecule has 1 atom stereocenters. The van der Waals surface area contributed by atoms with Crippen LogP contribution in [0.4, 0.5) is 4.79 Å². The Bertz CT molecular complexity index is 1160. The van der Waals surface area contributed by atoms with Crippen LogP contribution in [0.5, 0.6) is 11.5 Å². The number of carbonyl (C=O) groups is 3. The van der Waals surface area contributed by atoms with Gasteiger partial charge in [0.15, 0.2) is 22.8 Å². The molecule has 1 aliphatic rings. The highest BCUT2D eigenvalue weighted by molar-refractivity contribution is 9.13. The van der Waals surface area contributed by atoms with E-state index in [0.717, 1.165) is 0 Å². The number of rotatable bonds is 8. The number of carbonyl (C=O) groups excluding carboxylic acids is 3. The Morgan fingerprint density at radius 2 is 2.00 bits per heavy atom. The molecule has 1 aromatic heterocycles. The molecule has 13 heteroatoms. The Labute approximate surface area is 211 Å². The smallest absolute Gasteiger partial charge is 0.337 e. The van der Waals surface area contributed by atoms with Crippen LogP contribution in [0, 0.1) is 0 Å². The van der Waals surface area contributed by atoms with Crippen molar-refractivity contribution in [2.24, 2.45) is 5.10 Å². The van der Waals surface area contributed by atoms with E-state index in [1.807, 2.05) is 0 Å². The summed E-state index contributed by atoms with van der Waals surface area (Å²) in [5.74, 6) is -0.0820. The van der Waals surface area contributed by atoms with Crippen LogP contribution in [-0.2, 0) is 14.3 Å². The van der Waals surface area contributed by atoms with Gasteiger partial charge >= 0.3 is 12.0 Å². The first-order chi connectivity index (χ1) is 16.2. The van der Waals surface area contributed by atoms with Gasteiger partial charge < -0.3 is 29.3 Å². The van der Waals surface area contributed by atoms with Crippen molar-refractivity contribution in [1.29, 1.82) is 0 Å². The predicted octanol–water partition coefficient (Wildman–Crippen LogP) is 3.14. The number of methoxy groups -OCH3 is 2. The summed E-state index contributed by atoms with van der Waals surface area (Å²) in [5, 5.41) is 9.05. The van der Waals surface area contributed by atoms with Crippen LogP contribution in [0.1, 0.15) is 24.3 Å². The molecule has 3 rings (SSSR count). The maximum Gasteiger partial charge on any atom is 0.337 e. The number of hydrazone groups is 1. The minimum absolute atomic E-state index is 0.255. The van der Waals surface area contributed by atoms with E-state index in [-0.39, 0.29) is 17.9 Å². The second-order valence-electron chi connectivity index (χ2n) is 6.82. The van der Waals surface area contributed by atoms with Crippen LogP contribution in [0.3, 0.4) is 0 Å². The van der Waals surface area contributed by atoms with Gasteiger partial charge in [-0.15, -0.1) is 0 Å². The lowest BCUT2D eigenvalue weighted by atomic mass is 9.95. The number of hydrogen-bond acceptors (Lipinski definition) is 8. The first-order valence-electron chi connectivity index (χ1n) is 9.67. The van der Waals surface area contributed by atoms with E-state index in [2.05, 4.69) is 53.0 Å². The van der Waals surface area contributed by atoms with Gasteiger partial charge in [-0.2, -0.15) is 5.10 Å². The molecule has 1 aromatic carbocycles. The Balaban J connectivity index is 1.69. The third-order valence-electron chi connectivity index (χ3n) is 4.60. The highest BCUT2D eigenvalue weighted by Gasteiger charge is 2.32. The average Bonchev–Trinajstić information content (AvgIpc) is 3.13. The molecule has 0 radical (unpaired) electrons. The minimum atomic E-state index is -0.761. The number of furan rings is 1. The lowest BCUT2D eigenvalue weighted by Gasteiger charge is -2.28. The number of ether oxygens (including phenoxy) is 3. The number of esters is 1. The number of allylic oxidation sites excluding steroid dienone is 1. The van der Waals surface area contributed by atoms with E-state index in [0.29, 0.717) is 31.9 Å². The molecule has 1 unspecified atom stereocenters. The van der Waals surface area contributed by atoms with Crippen LogP contribution in [0.2, 0.25) is 0 Å². The molecular weight excluding hydrogens is 580 g/mol. The van der Waals surface area contributed by atoms with E-state index in [9.17, 15) is 14.4 Å². The number of nitrogens with zero attached hydrogens (tertiary/aromatic N) is 1. The molecule has 0 saturated heterocycles. The van der Waals surface area contributed by atoms with Crippen molar-refractivity contribution >= 4 is 56.0 Å². The van der Waals surface area contributed by atoms with Crippen molar-refractivity contribution in [2.75, 3.05) is 20.8 Å². The van der Waals surface area contributed by atoms with E-state index >= 15 is 0 Å². The van der Waals surface area contributed by atoms with Gasteiger partial charge in [-0.25, -0.2) is 15.0 Å². The molecule has 3 N–H and O–H groups in total. The number of nitrogens with one attached hydrogen (secondary N) is 3. The van der Waals surface area contributed by atoms with Gasteiger partial charge in [0, 0.05) is 11.8 Å². The third-order valence-corrected chi connectivity index (χ3v) is 6.31. The molecular formula is C21H20Br2N4O7. The molecule has 0 saturated carbocycles. The van der Waals surface area contributed by atoms with Gasteiger partial charge in [0.2, 0.25) is 0 Å². The Morgan fingerprint density at radius 3 is 2.65 bits per heavy atom. The predicted molar refractivity (Wildman–Crippen MR) is 127 cm³/mol. The zero-order valence-corrected chi connectivity index (χ0v) is 21.4. The van der Waals surface area contributed by atoms with Gasteiger partial charge in [0.1, 0.15) is 5.76 Å². The zero-order valence-electron chi connectivity index (χ0n) is 18.2. The summed E-state index contributed by atoms with van der Waals surface area (Å²) in [4.78, 5) is 36.3. The third kappa shape index (κ3) is 5.97. The van der Waals surface area contributed by atoms with Crippen LogP contribution < -0.4 is 25.5 Å². The fourth-order valence-corrected chi connectivity index (χ4v) is 3.69. The first kappa shape index (κ1) is 25.3. The Hall–Kier alpha value is -3.32. The number of halogens is 2. The number of benzene rings is 1. The highest BCUT2D eigenvalue weighted by atomic mass is 79.9. The van der Waals surface area contributed by atoms with Crippen LogP contribution >= 0.6 is 31.9 Å². The van der Waals surface area contributed by atoms with E-state index in [4.69, 9.17) is 18.6 Å². The maximum absolute atomic E-state index is 12.3. The lowest BCUT2D eigenvalue weighted by Crippen LogP contribution is -2.45. The summed E-state index contributed by atoms with van der Waals surface area (Å²) in [6.45, 7) is 1.27. The van der Waals surface area contributed by atoms with Crippen molar-refractivity contribution in [3.05, 3.63) is 56.0 Å². The monoisotopic (exact) mass is 598 g/mol. The summed E-state index contributed by atoms with van der Waals surface area (Å²) in [7, 11) is 2.69. The fraction of sp³-hybridized carbons (Fsp3) is 0.238. The molecule has 180 valence electrons. The first-order valence-corrected chi connectivity index (χ1v) is 11.3. The fourth-order valence-electron chi connectivity index (χ4n) is 3.08. The molecule has 0 spiro atoms. The highest BCUT2D eigenvalue weighted by Crippen LogP contribution is 2.34. The van der Waals surface area contributed by atoms with Crippen molar-refractivity contribution in [1.82, 2.24) is 16.1 Å². The van der Waals surface area contributed by atoms with E-state index in [1.54, 1.807) is 31.2 Å². The van der Waals surface area contributed by atoms with Crippen molar-refractivity contribution < 1.29 is 33.0 Å². The maximum atomic E-state index is 12.3. The minimum Gasteiger partial charge on any atom is -0.493 e. The van der Waals surface area contributed by atoms with E-state index in [1.165, 1.54) is 20.4 Å². The van der Waals surface area contributed by atoms with Gasteiger partial charge in [0.25, 0.3) is 5.91 Å². The summed E-state index contributed by atoms with van der Waals surface area (Å²) in [5.41, 5.74) is 3.52. The molecule has 0 fully saturated rings. The molecule has 2 heterocycles.